The first-order valence-corrected chi connectivity index (χ1v) is 8.55. The smallest absolute Gasteiger partial charge is 0.226 e. The summed E-state index contributed by atoms with van der Waals surface area (Å²) in [5.41, 5.74) is 0. The fraction of sp³-hybridized carbons (Fsp3) is 0.938. The van der Waals surface area contributed by atoms with Crippen molar-refractivity contribution in [2.24, 2.45) is 11.8 Å². The third-order valence-electron chi connectivity index (χ3n) is 5.29. The first kappa shape index (κ1) is 14.3. The van der Waals surface area contributed by atoms with Gasteiger partial charge in [-0.15, -0.1) is 0 Å². The van der Waals surface area contributed by atoms with Crippen LogP contribution < -0.4 is 5.32 Å². The second-order valence-electron chi connectivity index (χ2n) is 6.82. The minimum atomic E-state index is 0.249. The zero-order chi connectivity index (χ0) is 13.8. The quantitative estimate of drug-likeness (QED) is 0.846. The van der Waals surface area contributed by atoms with E-state index in [9.17, 15) is 4.79 Å². The van der Waals surface area contributed by atoms with Gasteiger partial charge in [0.25, 0.3) is 0 Å². The maximum absolute atomic E-state index is 12.5. The summed E-state index contributed by atoms with van der Waals surface area (Å²) in [6, 6.07) is 0. The minimum absolute atomic E-state index is 0.249. The van der Waals surface area contributed by atoms with E-state index in [4.69, 9.17) is 0 Å². The highest BCUT2D eigenvalue weighted by Crippen LogP contribution is 2.23. The van der Waals surface area contributed by atoms with E-state index < -0.39 is 0 Å². The van der Waals surface area contributed by atoms with E-state index in [1.807, 2.05) is 0 Å². The van der Waals surface area contributed by atoms with Gasteiger partial charge in [-0.25, -0.2) is 0 Å². The van der Waals surface area contributed by atoms with Gasteiger partial charge in [-0.2, -0.15) is 0 Å². The Labute approximate surface area is 122 Å². The molecule has 3 rings (SSSR count). The third-order valence-corrected chi connectivity index (χ3v) is 5.29. The fourth-order valence-electron chi connectivity index (χ4n) is 3.99. The molecule has 0 aromatic rings. The number of hydrogen-bond donors (Lipinski definition) is 1. The molecule has 3 heterocycles. The topological polar surface area (TPSA) is 35.6 Å². The van der Waals surface area contributed by atoms with Crippen LogP contribution in [0.15, 0.2) is 0 Å². The Morgan fingerprint density at radius 1 is 1.00 bits per heavy atom. The lowest BCUT2D eigenvalue weighted by Gasteiger charge is -2.36. The molecule has 3 aliphatic heterocycles. The molecule has 1 amide bonds. The first-order valence-electron chi connectivity index (χ1n) is 8.55. The molecule has 0 radical (unpaired) electrons. The van der Waals surface area contributed by atoms with E-state index in [1.165, 1.54) is 45.3 Å². The summed E-state index contributed by atoms with van der Waals surface area (Å²) in [7, 11) is 0. The van der Waals surface area contributed by atoms with Gasteiger partial charge in [0, 0.05) is 26.2 Å². The van der Waals surface area contributed by atoms with Gasteiger partial charge >= 0.3 is 0 Å². The van der Waals surface area contributed by atoms with Crippen LogP contribution in [0.3, 0.4) is 0 Å². The van der Waals surface area contributed by atoms with Crippen LogP contribution in [0.4, 0.5) is 0 Å². The predicted octanol–water partition coefficient (Wildman–Crippen LogP) is 1.32. The van der Waals surface area contributed by atoms with E-state index in [2.05, 4.69) is 15.1 Å². The molecule has 4 heteroatoms. The zero-order valence-corrected chi connectivity index (χ0v) is 12.6. The van der Waals surface area contributed by atoms with Crippen molar-refractivity contribution in [3.63, 3.8) is 0 Å². The molecule has 0 unspecified atom stereocenters. The van der Waals surface area contributed by atoms with Gasteiger partial charge in [0.15, 0.2) is 0 Å². The van der Waals surface area contributed by atoms with Crippen LogP contribution in [0.25, 0.3) is 0 Å². The number of nitrogens with one attached hydrogen (secondary N) is 1. The SMILES string of the molecule is O=C([C@H]1CCCNC1)N1CCC(CN2CCCC2)CC1. The van der Waals surface area contributed by atoms with Gasteiger partial charge in [-0.05, 0) is 64.1 Å². The number of amides is 1. The van der Waals surface area contributed by atoms with Crippen molar-refractivity contribution in [3.05, 3.63) is 0 Å². The molecule has 0 saturated carbocycles. The molecule has 114 valence electrons. The Morgan fingerprint density at radius 2 is 1.75 bits per heavy atom. The maximum atomic E-state index is 12.5. The average molecular weight is 279 g/mol. The van der Waals surface area contributed by atoms with Gasteiger partial charge in [0.1, 0.15) is 0 Å². The van der Waals surface area contributed by atoms with Crippen molar-refractivity contribution in [2.75, 3.05) is 45.8 Å². The van der Waals surface area contributed by atoms with Crippen LogP contribution in [-0.4, -0.2) is 61.5 Å². The monoisotopic (exact) mass is 279 g/mol. The fourth-order valence-corrected chi connectivity index (χ4v) is 3.99. The maximum Gasteiger partial charge on any atom is 0.226 e. The van der Waals surface area contributed by atoms with E-state index in [0.717, 1.165) is 44.9 Å². The Kier molecular flexibility index (Phi) is 4.94. The van der Waals surface area contributed by atoms with Gasteiger partial charge < -0.3 is 15.1 Å². The molecule has 0 aromatic carbocycles. The second kappa shape index (κ2) is 6.90. The average Bonchev–Trinajstić information content (AvgIpc) is 3.01. The van der Waals surface area contributed by atoms with Crippen LogP contribution in [0, 0.1) is 11.8 Å². The molecule has 0 spiro atoms. The van der Waals surface area contributed by atoms with Crippen molar-refractivity contribution < 1.29 is 4.79 Å². The number of nitrogens with zero attached hydrogens (tertiary/aromatic N) is 2. The van der Waals surface area contributed by atoms with Crippen LogP contribution in [0.1, 0.15) is 38.5 Å². The van der Waals surface area contributed by atoms with Crippen LogP contribution in [0.5, 0.6) is 0 Å². The molecule has 3 fully saturated rings. The summed E-state index contributed by atoms with van der Waals surface area (Å²) in [4.78, 5) is 17.2. The number of rotatable bonds is 3. The highest BCUT2D eigenvalue weighted by molar-refractivity contribution is 5.79. The molecule has 0 aromatic heterocycles. The normalized spacial score (nSPS) is 29.8. The van der Waals surface area contributed by atoms with Crippen molar-refractivity contribution in [1.82, 2.24) is 15.1 Å². The minimum Gasteiger partial charge on any atom is -0.342 e. The summed E-state index contributed by atoms with van der Waals surface area (Å²) in [5.74, 6) is 1.48. The van der Waals surface area contributed by atoms with E-state index in [0.29, 0.717) is 5.91 Å². The second-order valence-corrected chi connectivity index (χ2v) is 6.82. The molecule has 1 atom stereocenters. The first-order chi connectivity index (χ1) is 9.83. The lowest BCUT2D eigenvalue weighted by Crippen LogP contribution is -2.47. The van der Waals surface area contributed by atoms with Crippen molar-refractivity contribution >= 4 is 5.91 Å². The Morgan fingerprint density at radius 3 is 2.40 bits per heavy atom. The number of piperidine rings is 2. The zero-order valence-electron chi connectivity index (χ0n) is 12.6. The summed E-state index contributed by atoms with van der Waals surface area (Å²) in [6.45, 7) is 7.84. The standard InChI is InChI=1S/C16H29N3O/c20-16(15-4-3-7-17-12-15)19-10-5-14(6-11-19)13-18-8-1-2-9-18/h14-15,17H,1-13H2/t15-/m0/s1. The van der Waals surface area contributed by atoms with Gasteiger partial charge in [-0.3, -0.25) is 4.79 Å². The summed E-state index contributed by atoms with van der Waals surface area (Å²) in [5, 5.41) is 3.36. The molecule has 20 heavy (non-hydrogen) atoms. The van der Waals surface area contributed by atoms with Crippen LogP contribution in [0.2, 0.25) is 0 Å². The lowest BCUT2D eigenvalue weighted by atomic mass is 9.93. The van der Waals surface area contributed by atoms with Gasteiger partial charge in [0.2, 0.25) is 5.91 Å². The van der Waals surface area contributed by atoms with Crippen molar-refractivity contribution in [1.29, 1.82) is 0 Å². The predicted molar refractivity (Wildman–Crippen MR) is 80.6 cm³/mol. The van der Waals surface area contributed by atoms with Crippen molar-refractivity contribution in [3.8, 4) is 0 Å². The highest BCUT2D eigenvalue weighted by atomic mass is 16.2. The molecule has 4 nitrogen and oxygen atoms in total. The largest absolute Gasteiger partial charge is 0.342 e. The van der Waals surface area contributed by atoms with Crippen molar-refractivity contribution in [2.45, 2.75) is 38.5 Å². The molecular weight excluding hydrogens is 250 g/mol. The number of hydrogen-bond acceptors (Lipinski definition) is 3. The van der Waals surface area contributed by atoms with E-state index in [1.54, 1.807) is 0 Å². The molecule has 0 bridgehead atoms. The summed E-state index contributed by atoms with van der Waals surface area (Å²) < 4.78 is 0. The Hall–Kier alpha value is -0.610. The summed E-state index contributed by atoms with van der Waals surface area (Å²) in [6.07, 6.45) is 7.42. The van der Waals surface area contributed by atoms with E-state index >= 15 is 0 Å². The molecule has 0 aliphatic carbocycles. The Bertz CT molecular complexity index is 314. The van der Waals surface area contributed by atoms with Gasteiger partial charge in [-0.1, -0.05) is 0 Å². The van der Waals surface area contributed by atoms with Gasteiger partial charge in [0.05, 0.1) is 5.92 Å². The number of carbonyl (C=O) groups excluding carboxylic acids is 1. The highest BCUT2D eigenvalue weighted by Gasteiger charge is 2.29. The summed E-state index contributed by atoms with van der Waals surface area (Å²) >= 11 is 0. The molecule has 3 saturated heterocycles. The molecule has 1 N–H and O–H groups in total. The molecular formula is C16H29N3O. The number of carbonyl (C=O) groups is 1. The molecule has 3 aliphatic rings. The van der Waals surface area contributed by atoms with Crippen LogP contribution in [-0.2, 0) is 4.79 Å². The number of likely N-dealkylation sites (tertiary alicyclic amines) is 2. The van der Waals surface area contributed by atoms with Crippen LogP contribution >= 0.6 is 0 Å². The van der Waals surface area contributed by atoms with E-state index in [-0.39, 0.29) is 5.92 Å². The Balaban J connectivity index is 1.41. The lowest BCUT2D eigenvalue weighted by molar-refractivity contribution is -0.137. The third kappa shape index (κ3) is 3.53.